The van der Waals surface area contributed by atoms with Gasteiger partial charge in [0.05, 0.1) is 25.4 Å². The van der Waals surface area contributed by atoms with Crippen LogP contribution >= 0.6 is 0 Å². The van der Waals surface area contributed by atoms with E-state index in [0.717, 1.165) is 70.6 Å². The molecule has 0 aliphatic heterocycles. The predicted octanol–water partition coefficient (Wildman–Crippen LogP) is 16.6. The second-order valence-corrected chi connectivity index (χ2v) is 18.5. The Morgan fingerprint density at radius 1 is 0.444 bits per heavy atom. The van der Waals surface area contributed by atoms with E-state index < -0.39 is 12.1 Å². The molecule has 0 aromatic carbocycles. The van der Waals surface area contributed by atoms with Crippen LogP contribution in [0.1, 0.15) is 277 Å². The minimum absolute atomic E-state index is 0.0127. The van der Waals surface area contributed by atoms with Gasteiger partial charge in [0.2, 0.25) is 5.91 Å². The van der Waals surface area contributed by atoms with Crippen LogP contribution < -0.4 is 5.32 Å². The Balaban J connectivity index is 3.49. The topological polar surface area (TPSA) is 95.9 Å². The van der Waals surface area contributed by atoms with E-state index in [0.29, 0.717) is 19.4 Å². The Hall–Kier alpha value is -2.18. The van der Waals surface area contributed by atoms with Gasteiger partial charge < -0.3 is 20.3 Å². The summed E-state index contributed by atoms with van der Waals surface area (Å²) < 4.78 is 5.46. The van der Waals surface area contributed by atoms with Gasteiger partial charge in [-0.1, -0.05) is 223 Å². The van der Waals surface area contributed by atoms with Gasteiger partial charge in [0, 0.05) is 12.8 Å². The largest absolute Gasteiger partial charge is 0.466 e. The fourth-order valence-corrected chi connectivity index (χ4v) is 8.07. The zero-order chi connectivity index (χ0) is 45.8. The molecule has 0 aliphatic rings. The molecule has 2 atom stereocenters. The number of rotatable bonds is 50. The summed E-state index contributed by atoms with van der Waals surface area (Å²) in [7, 11) is 0. The summed E-state index contributed by atoms with van der Waals surface area (Å²) in [6.07, 6.45) is 65.5. The molecule has 0 radical (unpaired) electrons. The molecule has 0 aliphatic carbocycles. The molecule has 0 bridgehead atoms. The third-order valence-electron chi connectivity index (χ3n) is 12.3. The van der Waals surface area contributed by atoms with Crippen LogP contribution in [0.2, 0.25) is 0 Å². The maximum Gasteiger partial charge on any atom is 0.305 e. The van der Waals surface area contributed by atoms with Crippen molar-refractivity contribution in [2.45, 2.75) is 289 Å². The van der Waals surface area contributed by atoms with E-state index in [-0.39, 0.29) is 18.5 Å². The Labute approximate surface area is 391 Å². The van der Waals surface area contributed by atoms with Crippen molar-refractivity contribution in [2.75, 3.05) is 13.2 Å². The fourth-order valence-electron chi connectivity index (χ4n) is 8.07. The summed E-state index contributed by atoms with van der Waals surface area (Å²) in [6, 6.07) is -0.638. The van der Waals surface area contributed by atoms with Crippen molar-refractivity contribution >= 4 is 11.9 Å². The molecule has 2 unspecified atom stereocenters. The Morgan fingerprint density at radius 2 is 0.794 bits per heavy atom. The van der Waals surface area contributed by atoms with Gasteiger partial charge in [0.15, 0.2) is 0 Å². The lowest BCUT2D eigenvalue weighted by Crippen LogP contribution is -2.45. The number of allylic oxidation sites excluding steroid dienone is 7. The number of hydrogen-bond acceptors (Lipinski definition) is 5. The molecule has 1 amide bonds. The van der Waals surface area contributed by atoms with Crippen molar-refractivity contribution in [1.82, 2.24) is 5.32 Å². The van der Waals surface area contributed by atoms with Gasteiger partial charge in [-0.2, -0.15) is 0 Å². The lowest BCUT2D eigenvalue weighted by atomic mass is 10.0. The molecule has 0 aromatic heterocycles. The average molecular weight is 884 g/mol. The SMILES string of the molecule is CCCCC/C=C\C/C=C\CCCCCCCC(=O)OCCCCCCCCCCC/C=C\CCCCCCCC(=O)NC(CO)C(O)/C=C/CCCCCCCCCCCCC. The van der Waals surface area contributed by atoms with E-state index in [1.165, 1.54) is 180 Å². The summed E-state index contributed by atoms with van der Waals surface area (Å²) in [5, 5.41) is 23.0. The van der Waals surface area contributed by atoms with Crippen LogP contribution in [0.5, 0.6) is 0 Å². The Bertz CT molecular complexity index is 1070. The first kappa shape index (κ1) is 60.8. The highest BCUT2D eigenvalue weighted by molar-refractivity contribution is 5.76. The van der Waals surface area contributed by atoms with Crippen molar-refractivity contribution in [3.05, 3.63) is 48.6 Å². The van der Waals surface area contributed by atoms with Gasteiger partial charge >= 0.3 is 5.97 Å². The van der Waals surface area contributed by atoms with E-state index in [1.807, 2.05) is 6.08 Å². The van der Waals surface area contributed by atoms with Gasteiger partial charge in [-0.15, -0.1) is 0 Å². The van der Waals surface area contributed by atoms with Crippen LogP contribution in [0, 0.1) is 0 Å². The monoisotopic (exact) mass is 884 g/mol. The van der Waals surface area contributed by atoms with E-state index in [4.69, 9.17) is 4.74 Å². The molecule has 3 N–H and O–H groups in total. The molecule has 6 heteroatoms. The Kier molecular flexibility index (Phi) is 50.6. The van der Waals surface area contributed by atoms with Gasteiger partial charge in [-0.3, -0.25) is 9.59 Å². The van der Waals surface area contributed by atoms with E-state index in [2.05, 4.69) is 55.6 Å². The highest BCUT2D eigenvalue weighted by atomic mass is 16.5. The first-order valence-electron chi connectivity index (χ1n) is 27.4. The van der Waals surface area contributed by atoms with E-state index in [1.54, 1.807) is 6.08 Å². The summed E-state index contributed by atoms with van der Waals surface area (Å²) in [4.78, 5) is 24.4. The molecule has 368 valence electrons. The Morgan fingerprint density at radius 3 is 1.25 bits per heavy atom. The maximum atomic E-state index is 12.4. The molecule has 0 heterocycles. The number of hydrogen-bond donors (Lipinski definition) is 3. The minimum Gasteiger partial charge on any atom is -0.466 e. The number of aliphatic hydroxyl groups is 2. The maximum absolute atomic E-state index is 12.4. The van der Waals surface area contributed by atoms with Crippen molar-refractivity contribution in [3.8, 4) is 0 Å². The van der Waals surface area contributed by atoms with Crippen LogP contribution in [-0.2, 0) is 14.3 Å². The molecule has 6 nitrogen and oxygen atoms in total. The number of esters is 1. The predicted molar refractivity (Wildman–Crippen MR) is 273 cm³/mol. The highest BCUT2D eigenvalue weighted by Crippen LogP contribution is 2.15. The molecule has 63 heavy (non-hydrogen) atoms. The summed E-state index contributed by atoms with van der Waals surface area (Å²) in [6.45, 7) is 4.84. The number of ether oxygens (including phenoxy) is 1. The van der Waals surface area contributed by atoms with Gasteiger partial charge in [0.1, 0.15) is 0 Å². The third kappa shape index (κ3) is 49.1. The van der Waals surface area contributed by atoms with Crippen molar-refractivity contribution in [3.63, 3.8) is 0 Å². The molecule has 0 aromatic rings. The van der Waals surface area contributed by atoms with E-state index in [9.17, 15) is 19.8 Å². The summed E-state index contributed by atoms with van der Waals surface area (Å²) in [5.41, 5.74) is 0. The number of nitrogens with one attached hydrogen (secondary N) is 1. The van der Waals surface area contributed by atoms with Crippen LogP contribution in [0.25, 0.3) is 0 Å². The normalized spacial score (nSPS) is 13.0. The lowest BCUT2D eigenvalue weighted by Gasteiger charge is -2.20. The molecule has 0 saturated carbocycles. The quantitative estimate of drug-likeness (QED) is 0.0321. The first-order valence-corrected chi connectivity index (χ1v) is 27.4. The molecule has 0 spiro atoms. The molecular weight excluding hydrogens is 779 g/mol. The highest BCUT2D eigenvalue weighted by Gasteiger charge is 2.18. The van der Waals surface area contributed by atoms with Crippen molar-refractivity contribution < 1.29 is 24.5 Å². The van der Waals surface area contributed by atoms with E-state index >= 15 is 0 Å². The van der Waals surface area contributed by atoms with Crippen molar-refractivity contribution in [2.24, 2.45) is 0 Å². The zero-order valence-corrected chi connectivity index (χ0v) is 41.8. The fraction of sp³-hybridized carbons (Fsp3) is 0.825. The van der Waals surface area contributed by atoms with Crippen LogP contribution in [-0.4, -0.2) is 47.4 Å². The third-order valence-corrected chi connectivity index (χ3v) is 12.3. The molecular formula is C57H105NO5. The number of amides is 1. The zero-order valence-electron chi connectivity index (χ0n) is 41.8. The molecule has 0 saturated heterocycles. The molecule has 0 fully saturated rings. The smallest absolute Gasteiger partial charge is 0.305 e. The van der Waals surface area contributed by atoms with Crippen LogP contribution in [0.4, 0.5) is 0 Å². The summed E-state index contributed by atoms with van der Waals surface area (Å²) >= 11 is 0. The number of unbranched alkanes of at least 4 members (excludes halogenated alkanes) is 33. The second kappa shape index (κ2) is 52.4. The molecule has 0 rings (SSSR count). The standard InChI is InChI=1S/C57H105NO5/c1-3-5-7-9-11-13-15-17-22-27-31-35-39-43-47-51-57(62)63-52-48-44-40-36-32-28-24-21-19-18-20-23-26-30-34-38-42-46-50-56(61)58-54(53-59)55(60)49-45-41-37-33-29-25-16-14-12-10-8-6-4-2/h11,13,17,20,22-23,45,49,54-55,59-60H,3-10,12,14-16,18-19,21,24-44,46-48,50-53H2,1-2H3,(H,58,61)/b13-11-,22-17-,23-20-,49-45+. The number of aliphatic hydroxyl groups excluding tert-OH is 2. The van der Waals surface area contributed by atoms with Crippen LogP contribution in [0.3, 0.4) is 0 Å². The van der Waals surface area contributed by atoms with Crippen LogP contribution in [0.15, 0.2) is 48.6 Å². The van der Waals surface area contributed by atoms with Gasteiger partial charge in [-0.05, 0) is 89.9 Å². The van der Waals surface area contributed by atoms with Gasteiger partial charge in [-0.25, -0.2) is 0 Å². The average Bonchev–Trinajstić information content (AvgIpc) is 3.28. The second-order valence-electron chi connectivity index (χ2n) is 18.5. The van der Waals surface area contributed by atoms with Gasteiger partial charge in [0.25, 0.3) is 0 Å². The summed E-state index contributed by atoms with van der Waals surface area (Å²) in [5.74, 6) is -0.0967. The number of carbonyl (C=O) groups excluding carboxylic acids is 2. The number of carbonyl (C=O) groups is 2. The first-order chi connectivity index (χ1) is 31.0. The lowest BCUT2D eigenvalue weighted by molar-refractivity contribution is -0.143. The minimum atomic E-state index is -0.853. The van der Waals surface area contributed by atoms with Crippen molar-refractivity contribution in [1.29, 1.82) is 0 Å².